The number of fused-ring (bicyclic) bond motifs is 1. The lowest BCUT2D eigenvalue weighted by atomic mass is 9.89. The number of carboxylic acids is 1. The summed E-state index contributed by atoms with van der Waals surface area (Å²) >= 11 is 0. The fraction of sp³-hybridized carbons (Fsp3) is 0.455. The highest BCUT2D eigenvalue weighted by atomic mass is 16.6. The predicted molar refractivity (Wildman–Crippen MR) is 110 cm³/mol. The molecule has 1 N–H and O–H groups in total. The van der Waals surface area contributed by atoms with Crippen molar-refractivity contribution in [3.63, 3.8) is 0 Å². The molecule has 1 aromatic carbocycles. The van der Waals surface area contributed by atoms with Crippen LogP contribution in [0.1, 0.15) is 49.9 Å². The van der Waals surface area contributed by atoms with Crippen molar-refractivity contribution in [1.82, 2.24) is 0 Å². The summed E-state index contributed by atoms with van der Waals surface area (Å²) in [6.07, 6.45) is -5.26. The molecule has 178 valence electrons. The molecule has 33 heavy (non-hydrogen) atoms. The monoisotopic (exact) mass is 464 g/mol. The second-order valence-electron chi connectivity index (χ2n) is 7.50. The Kier molecular flexibility index (Phi) is 6.92. The second kappa shape index (κ2) is 9.49. The van der Waals surface area contributed by atoms with E-state index in [1.54, 1.807) is 19.1 Å². The van der Waals surface area contributed by atoms with Crippen molar-refractivity contribution in [1.29, 1.82) is 0 Å². The zero-order valence-electron chi connectivity index (χ0n) is 18.6. The molecule has 3 rings (SSSR count). The molecule has 11 nitrogen and oxygen atoms in total. The molecule has 0 spiro atoms. The third-order valence-corrected chi connectivity index (χ3v) is 5.09. The third kappa shape index (κ3) is 4.92. The highest BCUT2D eigenvalue weighted by Crippen LogP contribution is 2.42. The highest BCUT2D eigenvalue weighted by Gasteiger charge is 2.51. The van der Waals surface area contributed by atoms with Gasteiger partial charge in [-0.15, -0.1) is 0 Å². The Labute approximate surface area is 188 Å². The van der Waals surface area contributed by atoms with Gasteiger partial charge in [0.1, 0.15) is 6.10 Å². The minimum absolute atomic E-state index is 0.149. The van der Waals surface area contributed by atoms with E-state index in [1.807, 2.05) is 0 Å². The Morgan fingerprint density at radius 1 is 0.909 bits per heavy atom. The summed E-state index contributed by atoms with van der Waals surface area (Å²) < 4.78 is 33.0. The van der Waals surface area contributed by atoms with Crippen LogP contribution in [-0.2, 0) is 33.3 Å². The first-order valence-corrected chi connectivity index (χ1v) is 10.0. The number of ether oxygens (including phenoxy) is 5. The zero-order valence-corrected chi connectivity index (χ0v) is 18.6. The number of benzene rings is 1. The average molecular weight is 464 g/mol. The van der Waals surface area contributed by atoms with Gasteiger partial charge in [0, 0.05) is 26.2 Å². The van der Waals surface area contributed by atoms with Crippen molar-refractivity contribution in [2.24, 2.45) is 0 Å². The van der Waals surface area contributed by atoms with Crippen molar-refractivity contribution in [3.05, 3.63) is 29.5 Å². The van der Waals surface area contributed by atoms with Crippen LogP contribution in [0.4, 0.5) is 0 Å². The smallest absolute Gasteiger partial charge is 0.371 e. The average Bonchev–Trinajstić information content (AvgIpc) is 3.17. The molecule has 0 bridgehead atoms. The van der Waals surface area contributed by atoms with Gasteiger partial charge in [0.25, 0.3) is 0 Å². The van der Waals surface area contributed by atoms with Gasteiger partial charge in [-0.2, -0.15) is 0 Å². The molecule has 1 saturated heterocycles. The number of carboxylic acid groups (broad SMARTS) is 1. The summed E-state index contributed by atoms with van der Waals surface area (Å²) in [6.45, 7) is 5.15. The molecule has 1 aliphatic heterocycles. The molecule has 0 saturated carbocycles. The van der Waals surface area contributed by atoms with E-state index >= 15 is 0 Å². The summed E-state index contributed by atoms with van der Waals surface area (Å²) in [7, 11) is 1.40. The Bertz CT molecular complexity index is 1090. The summed E-state index contributed by atoms with van der Waals surface area (Å²) in [6, 6.07) is 4.45. The van der Waals surface area contributed by atoms with Crippen LogP contribution in [-0.4, -0.2) is 60.5 Å². The van der Waals surface area contributed by atoms with E-state index in [9.17, 15) is 24.3 Å². The third-order valence-electron chi connectivity index (χ3n) is 5.09. The number of furan rings is 1. The highest BCUT2D eigenvalue weighted by molar-refractivity contribution is 5.95. The molecule has 2 aromatic rings. The molecule has 0 amide bonds. The van der Waals surface area contributed by atoms with E-state index in [4.69, 9.17) is 28.1 Å². The Morgan fingerprint density at radius 3 is 2.03 bits per heavy atom. The Hall–Kier alpha value is -3.60. The summed E-state index contributed by atoms with van der Waals surface area (Å²) in [5.41, 5.74) is 0.551. The first-order valence-electron chi connectivity index (χ1n) is 10.0. The number of carbonyl (C=O) groups is 4. The van der Waals surface area contributed by atoms with Crippen molar-refractivity contribution < 1.29 is 52.4 Å². The first-order chi connectivity index (χ1) is 15.5. The van der Waals surface area contributed by atoms with Gasteiger partial charge in [-0.1, -0.05) is 6.07 Å². The topological polar surface area (TPSA) is 148 Å². The molecule has 1 aromatic heterocycles. The molecule has 2 heterocycles. The van der Waals surface area contributed by atoms with Crippen LogP contribution in [0.3, 0.4) is 0 Å². The normalized spacial score (nSPS) is 24.7. The standard InChI is InChI=1S/C22H24O11/c1-9-17(30-10(2)23)20(31-11(3)24)21(32-12(4)25)19(29-9)13-6-7-15(28-5)18-14(13)8-16(33-18)22(26)27/h6-9,17,19-21H,1-5H3,(H,26,27)/t9-,17+,19+,20+,21+/m0/s1. The molecule has 1 fully saturated rings. The van der Waals surface area contributed by atoms with Crippen LogP contribution >= 0.6 is 0 Å². The number of methoxy groups -OCH3 is 1. The molecule has 1 aliphatic rings. The van der Waals surface area contributed by atoms with Crippen LogP contribution in [0, 0.1) is 0 Å². The molecule has 0 aliphatic carbocycles. The minimum Gasteiger partial charge on any atom is -0.493 e. The maximum absolute atomic E-state index is 11.9. The van der Waals surface area contributed by atoms with E-state index in [0.717, 1.165) is 0 Å². The van der Waals surface area contributed by atoms with E-state index < -0.39 is 54.4 Å². The van der Waals surface area contributed by atoms with Crippen LogP contribution < -0.4 is 4.74 Å². The SMILES string of the molecule is COc1ccc([C@H]2O[C@@H](C)[C@@H](OC(C)=O)[C@@H](OC(C)=O)[C@@H]2OC(C)=O)c2cc(C(=O)O)oc12. The van der Waals surface area contributed by atoms with E-state index in [-0.39, 0.29) is 17.1 Å². The number of hydrogen-bond acceptors (Lipinski definition) is 10. The largest absolute Gasteiger partial charge is 0.493 e. The van der Waals surface area contributed by atoms with Crippen molar-refractivity contribution in [3.8, 4) is 5.75 Å². The van der Waals surface area contributed by atoms with Crippen molar-refractivity contribution >= 4 is 34.8 Å². The molecule has 5 atom stereocenters. The quantitative estimate of drug-likeness (QED) is 0.496. The Morgan fingerprint density at radius 2 is 1.48 bits per heavy atom. The van der Waals surface area contributed by atoms with Gasteiger partial charge >= 0.3 is 23.9 Å². The fourth-order valence-corrected chi connectivity index (χ4v) is 3.90. The lowest BCUT2D eigenvalue weighted by Gasteiger charge is -2.44. The maximum Gasteiger partial charge on any atom is 0.371 e. The van der Waals surface area contributed by atoms with Crippen molar-refractivity contribution in [2.75, 3.05) is 7.11 Å². The number of esters is 3. The lowest BCUT2D eigenvalue weighted by Crippen LogP contribution is -2.57. The van der Waals surface area contributed by atoms with E-state index in [1.165, 1.54) is 33.9 Å². The molecule has 0 radical (unpaired) electrons. The van der Waals surface area contributed by atoms with Crippen LogP contribution in [0.15, 0.2) is 22.6 Å². The number of aromatic carboxylic acids is 1. The van der Waals surface area contributed by atoms with Gasteiger partial charge in [-0.05, 0) is 24.6 Å². The summed E-state index contributed by atoms with van der Waals surface area (Å²) in [5.74, 6) is -3.35. The predicted octanol–water partition coefficient (Wildman–Crippen LogP) is 2.39. The second-order valence-corrected chi connectivity index (χ2v) is 7.50. The van der Waals surface area contributed by atoms with Gasteiger partial charge in [-0.25, -0.2) is 4.79 Å². The Balaban J connectivity index is 2.18. The lowest BCUT2D eigenvalue weighted by molar-refractivity contribution is -0.245. The zero-order chi connectivity index (χ0) is 24.4. The number of rotatable bonds is 6. The molecular weight excluding hydrogens is 440 g/mol. The number of hydrogen-bond donors (Lipinski definition) is 1. The van der Waals surface area contributed by atoms with Crippen LogP contribution in [0.25, 0.3) is 11.0 Å². The van der Waals surface area contributed by atoms with Gasteiger partial charge < -0.3 is 33.2 Å². The van der Waals surface area contributed by atoms with Crippen LogP contribution in [0.5, 0.6) is 5.75 Å². The summed E-state index contributed by atoms with van der Waals surface area (Å²) in [5, 5.41) is 9.72. The van der Waals surface area contributed by atoms with Crippen LogP contribution in [0.2, 0.25) is 0 Å². The minimum atomic E-state index is -1.29. The summed E-state index contributed by atoms with van der Waals surface area (Å²) in [4.78, 5) is 47.0. The van der Waals surface area contributed by atoms with Gasteiger partial charge in [0.2, 0.25) is 5.76 Å². The van der Waals surface area contributed by atoms with E-state index in [0.29, 0.717) is 10.9 Å². The van der Waals surface area contributed by atoms with Crippen molar-refractivity contribution in [2.45, 2.75) is 58.2 Å². The van der Waals surface area contributed by atoms with Gasteiger partial charge in [0.05, 0.1) is 13.2 Å². The first kappa shape index (κ1) is 24.1. The number of carbonyl (C=O) groups excluding carboxylic acids is 3. The fourth-order valence-electron chi connectivity index (χ4n) is 3.90. The maximum atomic E-state index is 11.9. The van der Waals surface area contributed by atoms with Gasteiger partial charge in [-0.3, -0.25) is 14.4 Å². The molecule has 11 heteroatoms. The molecule has 0 unspecified atom stereocenters. The van der Waals surface area contributed by atoms with Gasteiger partial charge in [0.15, 0.2) is 29.6 Å². The van der Waals surface area contributed by atoms with E-state index in [2.05, 4.69) is 0 Å². The molecular formula is C22H24O11.